The van der Waals surface area contributed by atoms with Crippen molar-refractivity contribution in [1.82, 2.24) is 0 Å². The highest BCUT2D eigenvalue weighted by Crippen LogP contribution is 2.43. The van der Waals surface area contributed by atoms with Crippen LogP contribution in [0.25, 0.3) is 0 Å². The van der Waals surface area contributed by atoms with Gasteiger partial charge in [0.2, 0.25) is 0 Å². The highest BCUT2D eigenvalue weighted by Gasteiger charge is 2.43. The lowest BCUT2D eigenvalue weighted by Gasteiger charge is -2.34. The zero-order valence-electron chi connectivity index (χ0n) is 9.83. The molecular formula is C15H18O. The molecule has 0 aromatic heterocycles. The topological polar surface area (TPSA) is 17.1 Å². The third-order valence-corrected chi connectivity index (χ3v) is 4.41. The van der Waals surface area contributed by atoms with Gasteiger partial charge < -0.3 is 0 Å². The van der Waals surface area contributed by atoms with Gasteiger partial charge >= 0.3 is 0 Å². The summed E-state index contributed by atoms with van der Waals surface area (Å²) in [5.41, 5.74) is 2.74. The maximum Gasteiger partial charge on any atom is 0.142 e. The number of benzene rings is 1. The first-order chi connectivity index (χ1) is 7.69. The minimum Gasteiger partial charge on any atom is -0.299 e. The molecule has 2 atom stereocenters. The molecule has 2 aliphatic carbocycles. The summed E-state index contributed by atoms with van der Waals surface area (Å²) in [7, 11) is 0. The molecular weight excluding hydrogens is 196 g/mol. The van der Waals surface area contributed by atoms with E-state index in [4.69, 9.17) is 0 Å². The Bertz CT molecular complexity index is 435. The Balaban J connectivity index is 2.09. The zero-order valence-corrected chi connectivity index (χ0v) is 9.83. The van der Waals surface area contributed by atoms with Crippen LogP contribution in [0.4, 0.5) is 0 Å². The standard InChI is InChI=1S/C15H18O/c1-15-8-4-7-12(14(15)16)9-11-5-2-3-6-13(11)10-15/h2-3,5-6,12H,4,7-10H2,1H3. The van der Waals surface area contributed by atoms with Crippen molar-refractivity contribution < 1.29 is 4.79 Å². The number of fused-ring (bicyclic) bond motifs is 3. The molecule has 0 saturated heterocycles. The van der Waals surface area contributed by atoms with E-state index in [0.29, 0.717) is 11.7 Å². The van der Waals surface area contributed by atoms with E-state index in [1.807, 2.05) is 0 Å². The molecule has 1 saturated carbocycles. The van der Waals surface area contributed by atoms with E-state index in [1.165, 1.54) is 17.5 Å². The van der Waals surface area contributed by atoms with Crippen LogP contribution in [0.5, 0.6) is 0 Å². The Morgan fingerprint density at radius 3 is 2.81 bits per heavy atom. The van der Waals surface area contributed by atoms with Crippen molar-refractivity contribution in [2.45, 2.75) is 39.0 Å². The van der Waals surface area contributed by atoms with Crippen molar-refractivity contribution in [3.8, 4) is 0 Å². The molecule has 16 heavy (non-hydrogen) atoms. The molecule has 1 nitrogen and oxygen atoms in total. The first-order valence-corrected chi connectivity index (χ1v) is 6.30. The molecule has 2 aliphatic rings. The smallest absolute Gasteiger partial charge is 0.142 e. The second-order valence-electron chi connectivity index (χ2n) is 5.66. The lowest BCUT2D eigenvalue weighted by atomic mass is 9.68. The lowest BCUT2D eigenvalue weighted by molar-refractivity contribution is -0.134. The third-order valence-electron chi connectivity index (χ3n) is 4.41. The predicted molar refractivity (Wildman–Crippen MR) is 64.3 cm³/mol. The van der Waals surface area contributed by atoms with Crippen LogP contribution in [0.15, 0.2) is 24.3 Å². The van der Waals surface area contributed by atoms with Gasteiger partial charge in [0, 0.05) is 11.3 Å². The van der Waals surface area contributed by atoms with Crippen molar-refractivity contribution in [1.29, 1.82) is 0 Å². The second kappa shape index (κ2) is 3.44. The summed E-state index contributed by atoms with van der Waals surface area (Å²) >= 11 is 0. The van der Waals surface area contributed by atoms with Crippen molar-refractivity contribution in [2.75, 3.05) is 0 Å². The molecule has 3 rings (SSSR count). The van der Waals surface area contributed by atoms with Gasteiger partial charge in [0.15, 0.2) is 0 Å². The molecule has 84 valence electrons. The van der Waals surface area contributed by atoms with Crippen LogP contribution in [0.3, 0.4) is 0 Å². The molecule has 2 bridgehead atoms. The minimum absolute atomic E-state index is 0.0739. The van der Waals surface area contributed by atoms with Gasteiger partial charge in [-0.1, -0.05) is 37.6 Å². The molecule has 1 aromatic rings. The number of rotatable bonds is 0. The fourth-order valence-corrected chi connectivity index (χ4v) is 3.47. The van der Waals surface area contributed by atoms with E-state index >= 15 is 0 Å². The third kappa shape index (κ3) is 1.41. The van der Waals surface area contributed by atoms with Gasteiger partial charge in [-0.15, -0.1) is 0 Å². The van der Waals surface area contributed by atoms with Gasteiger partial charge in [-0.05, 0) is 36.8 Å². The van der Waals surface area contributed by atoms with Crippen LogP contribution in [0.1, 0.15) is 37.3 Å². The van der Waals surface area contributed by atoms with E-state index in [-0.39, 0.29) is 5.41 Å². The summed E-state index contributed by atoms with van der Waals surface area (Å²) in [5, 5.41) is 0. The predicted octanol–water partition coefficient (Wildman–Crippen LogP) is 3.16. The Morgan fingerprint density at radius 2 is 2.00 bits per heavy atom. The monoisotopic (exact) mass is 214 g/mol. The van der Waals surface area contributed by atoms with Crippen molar-refractivity contribution in [3.05, 3.63) is 35.4 Å². The molecule has 1 aromatic carbocycles. The first-order valence-electron chi connectivity index (χ1n) is 6.30. The summed E-state index contributed by atoms with van der Waals surface area (Å²) in [6, 6.07) is 8.60. The summed E-state index contributed by atoms with van der Waals surface area (Å²) in [5.74, 6) is 0.817. The Labute approximate surface area is 96.9 Å². The van der Waals surface area contributed by atoms with E-state index in [2.05, 4.69) is 31.2 Å². The lowest BCUT2D eigenvalue weighted by Crippen LogP contribution is -2.38. The molecule has 0 aliphatic heterocycles. The van der Waals surface area contributed by atoms with Gasteiger partial charge in [-0.2, -0.15) is 0 Å². The molecule has 1 heteroatoms. The van der Waals surface area contributed by atoms with Gasteiger partial charge in [0.05, 0.1) is 0 Å². The average Bonchev–Trinajstić information content (AvgIpc) is 2.34. The Hall–Kier alpha value is -1.11. The number of hydrogen-bond acceptors (Lipinski definition) is 1. The first kappa shape index (κ1) is 10.1. The summed E-state index contributed by atoms with van der Waals surface area (Å²) < 4.78 is 0. The molecule has 0 radical (unpaired) electrons. The molecule has 0 N–H and O–H groups in total. The molecule has 2 unspecified atom stereocenters. The van der Waals surface area contributed by atoms with Crippen molar-refractivity contribution in [2.24, 2.45) is 11.3 Å². The van der Waals surface area contributed by atoms with Crippen molar-refractivity contribution in [3.63, 3.8) is 0 Å². The van der Waals surface area contributed by atoms with Crippen LogP contribution >= 0.6 is 0 Å². The summed E-state index contributed by atoms with van der Waals surface area (Å²) in [6.45, 7) is 2.17. The van der Waals surface area contributed by atoms with E-state index in [9.17, 15) is 4.79 Å². The molecule has 0 amide bonds. The van der Waals surface area contributed by atoms with E-state index in [0.717, 1.165) is 25.7 Å². The van der Waals surface area contributed by atoms with E-state index in [1.54, 1.807) is 0 Å². The molecule has 0 heterocycles. The summed E-state index contributed by atoms with van der Waals surface area (Å²) in [6.07, 6.45) is 5.34. The van der Waals surface area contributed by atoms with E-state index < -0.39 is 0 Å². The average molecular weight is 214 g/mol. The fourth-order valence-electron chi connectivity index (χ4n) is 3.47. The van der Waals surface area contributed by atoms with Crippen LogP contribution in [0, 0.1) is 11.3 Å². The van der Waals surface area contributed by atoms with Gasteiger partial charge in [-0.25, -0.2) is 0 Å². The molecule has 1 fully saturated rings. The number of carbonyl (C=O) groups excluding carboxylic acids is 1. The van der Waals surface area contributed by atoms with Crippen LogP contribution in [-0.2, 0) is 17.6 Å². The maximum atomic E-state index is 12.4. The second-order valence-corrected chi connectivity index (χ2v) is 5.66. The highest BCUT2D eigenvalue weighted by molar-refractivity contribution is 5.88. The fraction of sp³-hybridized carbons (Fsp3) is 0.533. The number of Topliss-reactive ketones (excluding diaryl/α,β-unsaturated/α-hetero) is 1. The Morgan fingerprint density at radius 1 is 1.25 bits per heavy atom. The van der Waals surface area contributed by atoms with Gasteiger partial charge in [0.1, 0.15) is 5.78 Å². The molecule has 0 spiro atoms. The van der Waals surface area contributed by atoms with Gasteiger partial charge in [0.25, 0.3) is 0 Å². The normalized spacial score (nSPS) is 33.1. The number of hydrogen-bond donors (Lipinski definition) is 0. The van der Waals surface area contributed by atoms with Crippen LogP contribution in [0.2, 0.25) is 0 Å². The highest BCUT2D eigenvalue weighted by atomic mass is 16.1. The quantitative estimate of drug-likeness (QED) is 0.648. The van der Waals surface area contributed by atoms with Gasteiger partial charge in [-0.3, -0.25) is 4.79 Å². The minimum atomic E-state index is -0.0739. The Kier molecular flexibility index (Phi) is 2.17. The largest absolute Gasteiger partial charge is 0.299 e. The number of carbonyl (C=O) groups is 1. The van der Waals surface area contributed by atoms with Crippen LogP contribution < -0.4 is 0 Å². The number of ketones is 1. The maximum absolute atomic E-state index is 12.4. The SMILES string of the molecule is CC12CCCC(Cc3ccccc3C1)C2=O. The van der Waals surface area contributed by atoms with Crippen LogP contribution in [-0.4, -0.2) is 5.78 Å². The van der Waals surface area contributed by atoms with Crippen molar-refractivity contribution >= 4 is 5.78 Å². The zero-order chi connectivity index (χ0) is 11.2. The summed E-state index contributed by atoms with van der Waals surface area (Å²) in [4.78, 5) is 12.4.